The van der Waals surface area contributed by atoms with E-state index in [9.17, 15) is 13.2 Å². The third-order valence-electron chi connectivity index (χ3n) is 4.76. The highest BCUT2D eigenvalue weighted by atomic mass is 32.2. The summed E-state index contributed by atoms with van der Waals surface area (Å²) in [4.78, 5) is 12.8. The van der Waals surface area contributed by atoms with Crippen molar-refractivity contribution < 1.29 is 17.9 Å². The number of methoxy groups -OCH3 is 1. The van der Waals surface area contributed by atoms with Crippen molar-refractivity contribution in [2.75, 3.05) is 25.0 Å². The van der Waals surface area contributed by atoms with Crippen molar-refractivity contribution in [3.8, 4) is 5.75 Å². The number of nitrogens with one attached hydrogen (secondary N) is 1. The van der Waals surface area contributed by atoms with Crippen molar-refractivity contribution >= 4 is 21.6 Å². The zero-order valence-corrected chi connectivity index (χ0v) is 17.7. The second-order valence-corrected chi connectivity index (χ2v) is 8.56. The van der Waals surface area contributed by atoms with Crippen molar-refractivity contribution in [1.82, 2.24) is 5.32 Å². The fraction of sp³-hybridized carbons (Fsp3) is 0.174. The predicted octanol–water partition coefficient (Wildman–Crippen LogP) is 3.49. The quantitative estimate of drug-likeness (QED) is 0.601. The molecular formula is C23H24N2O4S. The number of sulfonamides is 1. The highest BCUT2D eigenvalue weighted by Crippen LogP contribution is 2.24. The molecule has 0 bridgehead atoms. The summed E-state index contributed by atoms with van der Waals surface area (Å²) < 4.78 is 32.8. The topological polar surface area (TPSA) is 75.7 Å². The van der Waals surface area contributed by atoms with Gasteiger partial charge in [0.2, 0.25) is 0 Å². The minimum atomic E-state index is -3.90. The van der Waals surface area contributed by atoms with Gasteiger partial charge in [-0.2, -0.15) is 0 Å². The van der Waals surface area contributed by atoms with Gasteiger partial charge < -0.3 is 10.1 Å². The number of amides is 1. The average Bonchev–Trinajstić information content (AvgIpc) is 2.79. The van der Waals surface area contributed by atoms with Crippen LogP contribution in [0.2, 0.25) is 0 Å². The lowest BCUT2D eigenvalue weighted by Crippen LogP contribution is -2.31. The molecule has 0 aromatic heterocycles. The maximum atomic E-state index is 13.2. The summed E-state index contributed by atoms with van der Waals surface area (Å²) in [6.07, 6.45) is 0.564. The van der Waals surface area contributed by atoms with E-state index in [0.29, 0.717) is 18.7 Å². The van der Waals surface area contributed by atoms with Crippen LogP contribution in [0, 0.1) is 0 Å². The van der Waals surface area contributed by atoms with Gasteiger partial charge in [-0.25, -0.2) is 8.42 Å². The number of benzene rings is 3. The molecule has 156 valence electrons. The van der Waals surface area contributed by atoms with E-state index in [4.69, 9.17) is 4.74 Å². The molecule has 0 heterocycles. The van der Waals surface area contributed by atoms with Crippen LogP contribution in [-0.4, -0.2) is 35.0 Å². The molecule has 3 aromatic carbocycles. The van der Waals surface area contributed by atoms with Crippen molar-refractivity contribution in [3.05, 3.63) is 90.0 Å². The van der Waals surface area contributed by atoms with Crippen LogP contribution in [0.5, 0.6) is 5.75 Å². The molecule has 0 radical (unpaired) electrons. The van der Waals surface area contributed by atoms with E-state index < -0.39 is 15.9 Å². The summed E-state index contributed by atoms with van der Waals surface area (Å²) in [6, 6.07) is 22.5. The summed E-state index contributed by atoms with van der Waals surface area (Å²) >= 11 is 0. The number of carbonyl (C=O) groups is 1. The predicted molar refractivity (Wildman–Crippen MR) is 118 cm³/mol. The van der Waals surface area contributed by atoms with Crippen LogP contribution in [0.3, 0.4) is 0 Å². The minimum absolute atomic E-state index is 0.0360. The maximum Gasteiger partial charge on any atom is 0.264 e. The van der Waals surface area contributed by atoms with Crippen LogP contribution in [0.25, 0.3) is 0 Å². The van der Waals surface area contributed by atoms with Crippen LogP contribution < -0.4 is 14.4 Å². The molecule has 0 aliphatic carbocycles. The van der Waals surface area contributed by atoms with E-state index in [2.05, 4.69) is 5.32 Å². The third-order valence-corrected chi connectivity index (χ3v) is 6.61. The van der Waals surface area contributed by atoms with Crippen LogP contribution in [0.4, 0.5) is 5.69 Å². The summed E-state index contributed by atoms with van der Waals surface area (Å²) in [6.45, 7) is 0.349. The Bertz CT molecular complexity index is 1110. The van der Waals surface area contributed by atoms with Gasteiger partial charge in [0.1, 0.15) is 10.6 Å². The highest BCUT2D eigenvalue weighted by Gasteiger charge is 2.26. The van der Waals surface area contributed by atoms with Crippen molar-refractivity contribution in [3.63, 3.8) is 0 Å². The average molecular weight is 425 g/mol. The molecule has 0 unspecified atom stereocenters. The van der Waals surface area contributed by atoms with Gasteiger partial charge in [0.25, 0.3) is 15.9 Å². The smallest absolute Gasteiger partial charge is 0.264 e. The lowest BCUT2D eigenvalue weighted by Gasteiger charge is -2.21. The first-order chi connectivity index (χ1) is 14.4. The van der Waals surface area contributed by atoms with E-state index in [1.165, 1.54) is 23.5 Å². The molecule has 7 heteroatoms. The molecule has 30 heavy (non-hydrogen) atoms. The monoisotopic (exact) mass is 424 g/mol. The number of ether oxygens (including phenoxy) is 1. The molecule has 6 nitrogen and oxygen atoms in total. The second kappa shape index (κ2) is 9.45. The van der Waals surface area contributed by atoms with Gasteiger partial charge >= 0.3 is 0 Å². The van der Waals surface area contributed by atoms with Crippen molar-refractivity contribution in [2.45, 2.75) is 11.3 Å². The number of hydrogen-bond donors (Lipinski definition) is 1. The SMILES string of the molecule is COc1ccccc1CCNC(=O)c1ccccc1S(=O)(=O)N(C)c1ccccc1. The van der Waals surface area contributed by atoms with Crippen LogP contribution in [0.1, 0.15) is 15.9 Å². The van der Waals surface area contributed by atoms with Gasteiger partial charge in [-0.1, -0.05) is 48.5 Å². The Hall–Kier alpha value is -3.32. The first-order valence-corrected chi connectivity index (χ1v) is 10.9. The number of rotatable bonds is 8. The van der Waals surface area contributed by atoms with E-state index in [-0.39, 0.29) is 10.5 Å². The van der Waals surface area contributed by atoms with E-state index in [0.717, 1.165) is 11.3 Å². The summed E-state index contributed by atoms with van der Waals surface area (Å²) in [5, 5.41) is 2.81. The highest BCUT2D eigenvalue weighted by molar-refractivity contribution is 7.92. The molecule has 3 rings (SSSR count). The minimum Gasteiger partial charge on any atom is -0.496 e. The normalized spacial score (nSPS) is 11.0. The Balaban J connectivity index is 1.78. The van der Waals surface area contributed by atoms with E-state index >= 15 is 0 Å². The summed E-state index contributed by atoms with van der Waals surface area (Å²) in [5.74, 6) is 0.310. The molecule has 0 spiro atoms. The first-order valence-electron chi connectivity index (χ1n) is 9.48. The van der Waals surface area contributed by atoms with Gasteiger partial charge in [0.15, 0.2) is 0 Å². The second-order valence-electron chi connectivity index (χ2n) is 6.62. The molecule has 3 aromatic rings. The standard InChI is InChI=1S/C23H24N2O4S/c1-25(19-11-4-3-5-12-19)30(27,28)22-15-9-7-13-20(22)23(26)24-17-16-18-10-6-8-14-21(18)29-2/h3-15H,16-17H2,1-2H3,(H,24,26). The Morgan fingerprint density at radius 1 is 0.933 bits per heavy atom. The molecule has 0 atom stereocenters. The van der Waals surface area contributed by atoms with E-state index in [1.54, 1.807) is 43.5 Å². The summed E-state index contributed by atoms with van der Waals surface area (Å²) in [5.41, 5.74) is 1.59. The largest absolute Gasteiger partial charge is 0.496 e. The van der Waals surface area contributed by atoms with Crippen LogP contribution in [-0.2, 0) is 16.4 Å². The lowest BCUT2D eigenvalue weighted by molar-refractivity contribution is 0.0950. The Labute approximate surface area is 177 Å². The van der Waals surface area contributed by atoms with Gasteiger partial charge in [-0.3, -0.25) is 9.10 Å². The fourth-order valence-electron chi connectivity index (χ4n) is 3.12. The third kappa shape index (κ3) is 4.63. The van der Waals surface area contributed by atoms with Gasteiger partial charge in [0.05, 0.1) is 18.4 Å². The Morgan fingerprint density at radius 2 is 1.57 bits per heavy atom. The van der Waals surface area contributed by atoms with Crippen LogP contribution >= 0.6 is 0 Å². The zero-order valence-electron chi connectivity index (χ0n) is 16.9. The molecule has 0 fully saturated rings. The van der Waals surface area contributed by atoms with Crippen LogP contribution in [0.15, 0.2) is 83.8 Å². The number of carbonyl (C=O) groups excluding carboxylic acids is 1. The molecule has 0 aliphatic rings. The maximum absolute atomic E-state index is 13.2. The van der Waals surface area contributed by atoms with Gasteiger partial charge in [0, 0.05) is 13.6 Å². The summed E-state index contributed by atoms with van der Waals surface area (Å²) in [7, 11) is -0.831. The first kappa shape index (κ1) is 21.4. The molecule has 1 N–H and O–H groups in total. The lowest BCUT2D eigenvalue weighted by atomic mass is 10.1. The van der Waals surface area contributed by atoms with Crippen molar-refractivity contribution in [1.29, 1.82) is 0 Å². The number of hydrogen-bond acceptors (Lipinski definition) is 4. The molecule has 0 aliphatic heterocycles. The van der Waals surface area contributed by atoms with Gasteiger partial charge in [-0.05, 0) is 42.3 Å². The molecular weight excluding hydrogens is 400 g/mol. The number of para-hydroxylation sites is 2. The molecule has 0 saturated carbocycles. The number of nitrogens with zero attached hydrogens (tertiary/aromatic N) is 1. The van der Waals surface area contributed by atoms with Crippen molar-refractivity contribution in [2.24, 2.45) is 0 Å². The fourth-order valence-corrected chi connectivity index (χ4v) is 4.50. The number of anilines is 1. The molecule has 1 amide bonds. The van der Waals surface area contributed by atoms with Gasteiger partial charge in [-0.15, -0.1) is 0 Å². The Morgan fingerprint density at radius 3 is 2.30 bits per heavy atom. The van der Waals surface area contributed by atoms with E-state index in [1.807, 2.05) is 30.3 Å². The Kier molecular flexibility index (Phi) is 6.74. The zero-order chi connectivity index (χ0) is 21.6. The molecule has 0 saturated heterocycles.